The smallest absolute Gasteiger partial charge is 0.313 e. The lowest BCUT2D eigenvalue weighted by atomic mass is 9.85. The van der Waals surface area contributed by atoms with Gasteiger partial charge in [0.15, 0.2) is 0 Å². The molecule has 1 aromatic heterocycles. The standard InChI is InChI=1S/C20H28N4O4/c1-12-7-8-16(13-5-3-4-6-13)24(11-12)20(27)18(26)23-14-9-15(17(21)25)19(28-2)22-10-14/h9-10,12-13,16H,3-8,11H2,1-2H3,(H2,21,25)(H,23,26)/t12-,16?/m1/s1. The van der Waals surface area contributed by atoms with Crippen molar-refractivity contribution in [3.63, 3.8) is 0 Å². The van der Waals surface area contributed by atoms with Gasteiger partial charge in [-0.2, -0.15) is 0 Å². The van der Waals surface area contributed by atoms with Gasteiger partial charge in [-0.3, -0.25) is 14.4 Å². The molecule has 0 spiro atoms. The Morgan fingerprint density at radius 3 is 2.57 bits per heavy atom. The SMILES string of the molecule is COc1ncc(NC(=O)C(=O)N2C[C@H](C)CCC2C2CCCC2)cc1C(N)=O. The molecule has 1 saturated heterocycles. The van der Waals surface area contributed by atoms with Gasteiger partial charge < -0.3 is 20.7 Å². The number of methoxy groups -OCH3 is 1. The van der Waals surface area contributed by atoms with Crippen molar-refractivity contribution >= 4 is 23.4 Å². The van der Waals surface area contributed by atoms with Crippen LogP contribution in [-0.2, 0) is 9.59 Å². The maximum Gasteiger partial charge on any atom is 0.313 e. The Hall–Kier alpha value is -2.64. The van der Waals surface area contributed by atoms with Gasteiger partial charge in [0.2, 0.25) is 5.88 Å². The molecule has 3 amide bonds. The summed E-state index contributed by atoms with van der Waals surface area (Å²) < 4.78 is 4.99. The van der Waals surface area contributed by atoms with E-state index in [1.54, 1.807) is 4.90 Å². The van der Waals surface area contributed by atoms with E-state index < -0.39 is 17.7 Å². The molecule has 0 radical (unpaired) electrons. The van der Waals surface area contributed by atoms with Crippen molar-refractivity contribution in [1.29, 1.82) is 0 Å². The third kappa shape index (κ3) is 4.26. The molecule has 3 rings (SSSR count). The summed E-state index contributed by atoms with van der Waals surface area (Å²) in [6, 6.07) is 1.50. The Bertz CT molecular complexity index is 761. The normalized spacial score (nSPS) is 22.7. The molecule has 152 valence electrons. The fraction of sp³-hybridized carbons (Fsp3) is 0.600. The minimum atomic E-state index is -0.724. The van der Waals surface area contributed by atoms with Gasteiger partial charge in [0.1, 0.15) is 5.56 Å². The molecule has 1 saturated carbocycles. The predicted octanol–water partition coefficient (Wildman–Crippen LogP) is 1.94. The largest absolute Gasteiger partial charge is 0.480 e. The first-order valence-electron chi connectivity index (χ1n) is 9.86. The van der Waals surface area contributed by atoms with E-state index in [9.17, 15) is 14.4 Å². The Labute approximate surface area is 164 Å². The summed E-state index contributed by atoms with van der Waals surface area (Å²) in [5.41, 5.74) is 5.60. The number of ether oxygens (including phenoxy) is 1. The number of hydrogen-bond donors (Lipinski definition) is 2. The number of likely N-dealkylation sites (tertiary alicyclic amines) is 1. The monoisotopic (exact) mass is 388 g/mol. The molecule has 8 nitrogen and oxygen atoms in total. The first kappa shape index (κ1) is 20.1. The van der Waals surface area contributed by atoms with Crippen molar-refractivity contribution in [2.75, 3.05) is 19.0 Å². The summed E-state index contributed by atoms with van der Waals surface area (Å²) in [6.45, 7) is 2.70. The predicted molar refractivity (Wildman–Crippen MR) is 104 cm³/mol. The average Bonchev–Trinajstić information content (AvgIpc) is 3.21. The van der Waals surface area contributed by atoms with Gasteiger partial charge in [-0.15, -0.1) is 0 Å². The van der Waals surface area contributed by atoms with Crippen LogP contribution in [0.25, 0.3) is 0 Å². The first-order chi connectivity index (χ1) is 13.4. The number of amides is 3. The molecule has 2 atom stereocenters. The van der Waals surface area contributed by atoms with E-state index in [1.807, 2.05) is 0 Å². The number of aromatic nitrogens is 1. The average molecular weight is 388 g/mol. The van der Waals surface area contributed by atoms with Crippen LogP contribution in [0, 0.1) is 11.8 Å². The van der Waals surface area contributed by atoms with Crippen LogP contribution in [0.1, 0.15) is 55.8 Å². The highest BCUT2D eigenvalue weighted by Crippen LogP contribution is 2.36. The van der Waals surface area contributed by atoms with Crippen LogP contribution < -0.4 is 15.8 Å². The second kappa shape index (κ2) is 8.58. The molecule has 1 unspecified atom stereocenters. The molecule has 3 N–H and O–H groups in total. The number of carbonyl (C=O) groups excluding carboxylic acids is 3. The maximum atomic E-state index is 12.9. The van der Waals surface area contributed by atoms with Crippen molar-refractivity contribution < 1.29 is 19.1 Å². The van der Waals surface area contributed by atoms with E-state index in [1.165, 1.54) is 32.2 Å². The molecule has 0 aromatic carbocycles. The zero-order valence-electron chi connectivity index (χ0n) is 16.4. The van der Waals surface area contributed by atoms with Crippen molar-refractivity contribution in [1.82, 2.24) is 9.88 Å². The van der Waals surface area contributed by atoms with Gasteiger partial charge in [-0.25, -0.2) is 4.98 Å². The van der Waals surface area contributed by atoms with Crippen LogP contribution >= 0.6 is 0 Å². The lowest BCUT2D eigenvalue weighted by molar-refractivity contribution is -0.147. The minimum Gasteiger partial charge on any atom is -0.480 e. The van der Waals surface area contributed by atoms with E-state index in [0.29, 0.717) is 18.4 Å². The lowest BCUT2D eigenvalue weighted by Crippen LogP contribution is -2.52. The number of carbonyl (C=O) groups is 3. The number of nitrogens with two attached hydrogens (primary N) is 1. The summed E-state index contributed by atoms with van der Waals surface area (Å²) in [6.07, 6.45) is 7.99. The molecule has 2 fully saturated rings. The number of nitrogens with one attached hydrogen (secondary N) is 1. The molecule has 8 heteroatoms. The van der Waals surface area contributed by atoms with Gasteiger partial charge in [0.25, 0.3) is 5.91 Å². The summed E-state index contributed by atoms with van der Waals surface area (Å²) in [5, 5.41) is 2.56. The van der Waals surface area contributed by atoms with Crippen LogP contribution in [0.2, 0.25) is 0 Å². The number of piperidine rings is 1. The number of pyridine rings is 1. The summed E-state index contributed by atoms with van der Waals surface area (Å²) in [5.74, 6) is -1.05. The van der Waals surface area contributed by atoms with Crippen LogP contribution in [0.5, 0.6) is 5.88 Å². The Morgan fingerprint density at radius 2 is 1.93 bits per heavy atom. The summed E-state index contributed by atoms with van der Waals surface area (Å²) in [4.78, 5) is 42.8. The van der Waals surface area contributed by atoms with Crippen molar-refractivity contribution in [3.8, 4) is 5.88 Å². The molecular weight excluding hydrogens is 360 g/mol. The number of nitrogens with zero attached hydrogens (tertiary/aromatic N) is 2. The van der Waals surface area contributed by atoms with Crippen LogP contribution in [0.3, 0.4) is 0 Å². The van der Waals surface area contributed by atoms with Crippen molar-refractivity contribution in [2.45, 2.75) is 51.5 Å². The van der Waals surface area contributed by atoms with Gasteiger partial charge >= 0.3 is 11.8 Å². The Balaban J connectivity index is 1.74. The molecule has 0 bridgehead atoms. The molecular formula is C20H28N4O4. The van der Waals surface area contributed by atoms with Crippen LogP contribution in [0.15, 0.2) is 12.3 Å². The zero-order chi connectivity index (χ0) is 20.3. The number of primary amides is 1. The van der Waals surface area contributed by atoms with Gasteiger partial charge in [-0.1, -0.05) is 19.8 Å². The second-order valence-electron chi connectivity index (χ2n) is 7.85. The summed E-state index contributed by atoms with van der Waals surface area (Å²) in [7, 11) is 1.37. The minimum absolute atomic E-state index is 0.0446. The van der Waals surface area contributed by atoms with Gasteiger partial charge in [0, 0.05) is 12.6 Å². The Morgan fingerprint density at radius 1 is 1.21 bits per heavy atom. The Kier molecular flexibility index (Phi) is 6.16. The van der Waals surface area contributed by atoms with Gasteiger partial charge in [-0.05, 0) is 43.6 Å². The van der Waals surface area contributed by atoms with E-state index >= 15 is 0 Å². The van der Waals surface area contributed by atoms with E-state index in [2.05, 4.69) is 17.2 Å². The fourth-order valence-corrected chi connectivity index (χ4v) is 4.41. The number of anilines is 1. The fourth-order valence-electron chi connectivity index (χ4n) is 4.41. The number of hydrogen-bond acceptors (Lipinski definition) is 5. The number of rotatable bonds is 4. The van der Waals surface area contributed by atoms with E-state index in [-0.39, 0.29) is 23.2 Å². The first-order valence-corrected chi connectivity index (χ1v) is 9.86. The quantitative estimate of drug-likeness (QED) is 0.765. The van der Waals surface area contributed by atoms with E-state index in [0.717, 1.165) is 25.7 Å². The molecule has 2 aliphatic rings. The lowest BCUT2D eigenvalue weighted by Gasteiger charge is -2.41. The van der Waals surface area contributed by atoms with E-state index in [4.69, 9.17) is 10.5 Å². The molecule has 1 aliphatic carbocycles. The third-order valence-corrected chi connectivity index (χ3v) is 5.83. The van der Waals surface area contributed by atoms with Crippen molar-refractivity contribution in [3.05, 3.63) is 17.8 Å². The molecule has 2 heterocycles. The third-order valence-electron chi connectivity index (χ3n) is 5.83. The van der Waals surface area contributed by atoms with Crippen LogP contribution in [-0.4, -0.2) is 47.3 Å². The molecule has 28 heavy (non-hydrogen) atoms. The van der Waals surface area contributed by atoms with Crippen molar-refractivity contribution in [2.24, 2.45) is 17.6 Å². The highest BCUT2D eigenvalue weighted by molar-refractivity contribution is 6.39. The highest BCUT2D eigenvalue weighted by atomic mass is 16.5. The maximum absolute atomic E-state index is 12.9. The van der Waals surface area contributed by atoms with Gasteiger partial charge in [0.05, 0.1) is 19.0 Å². The summed E-state index contributed by atoms with van der Waals surface area (Å²) >= 11 is 0. The molecule has 1 aliphatic heterocycles. The highest BCUT2D eigenvalue weighted by Gasteiger charge is 2.38. The molecule has 1 aromatic rings. The zero-order valence-corrected chi connectivity index (χ0v) is 16.4. The van der Waals surface area contributed by atoms with Crippen LogP contribution in [0.4, 0.5) is 5.69 Å². The topological polar surface area (TPSA) is 115 Å². The second-order valence-corrected chi connectivity index (χ2v) is 7.85.